The highest BCUT2D eigenvalue weighted by molar-refractivity contribution is 5.53. The minimum Gasteiger partial charge on any atom is -0.497 e. The third kappa shape index (κ3) is 4.72. The standard InChI is InChI=1S/C18H19FO2/c1-21-16-10-7-15(8-11-16)13-17(19)18(20)12-9-14-5-3-2-4-6-14/h2-8,10-11,13,18,20H,9,12H2,1H3/b17-13-. The molecule has 0 saturated carbocycles. The van der Waals surface area contributed by atoms with E-state index in [1.165, 1.54) is 6.08 Å². The van der Waals surface area contributed by atoms with Gasteiger partial charge in [0.05, 0.1) is 7.11 Å². The van der Waals surface area contributed by atoms with Crippen molar-refractivity contribution >= 4 is 6.08 Å². The highest BCUT2D eigenvalue weighted by Crippen LogP contribution is 2.18. The quantitative estimate of drug-likeness (QED) is 0.869. The van der Waals surface area contributed by atoms with Crippen LogP contribution < -0.4 is 4.74 Å². The first kappa shape index (κ1) is 15.3. The molecular weight excluding hydrogens is 267 g/mol. The van der Waals surface area contributed by atoms with E-state index in [-0.39, 0.29) is 0 Å². The van der Waals surface area contributed by atoms with E-state index in [0.717, 1.165) is 11.3 Å². The SMILES string of the molecule is COc1ccc(/C=C(\F)C(O)CCc2ccccc2)cc1. The Kier molecular flexibility index (Phi) is 5.52. The Morgan fingerprint density at radius 3 is 2.43 bits per heavy atom. The fraction of sp³-hybridized carbons (Fsp3) is 0.222. The predicted molar refractivity (Wildman–Crippen MR) is 82.8 cm³/mol. The molecule has 0 saturated heterocycles. The summed E-state index contributed by atoms with van der Waals surface area (Å²) in [5.74, 6) is 0.202. The molecule has 0 bridgehead atoms. The molecule has 0 aliphatic rings. The molecule has 21 heavy (non-hydrogen) atoms. The van der Waals surface area contributed by atoms with Gasteiger partial charge in [0.15, 0.2) is 0 Å². The summed E-state index contributed by atoms with van der Waals surface area (Å²) in [6.45, 7) is 0. The van der Waals surface area contributed by atoms with E-state index < -0.39 is 11.9 Å². The molecule has 1 atom stereocenters. The molecule has 1 N–H and O–H groups in total. The van der Waals surface area contributed by atoms with Crippen LogP contribution in [0.3, 0.4) is 0 Å². The fourth-order valence-corrected chi connectivity index (χ4v) is 2.04. The van der Waals surface area contributed by atoms with Gasteiger partial charge in [-0.1, -0.05) is 42.5 Å². The van der Waals surface area contributed by atoms with Crippen molar-refractivity contribution in [3.8, 4) is 5.75 Å². The van der Waals surface area contributed by atoms with Gasteiger partial charge in [0.1, 0.15) is 17.7 Å². The number of hydrogen-bond donors (Lipinski definition) is 1. The van der Waals surface area contributed by atoms with Crippen LogP contribution in [0, 0.1) is 0 Å². The smallest absolute Gasteiger partial charge is 0.129 e. The number of hydrogen-bond acceptors (Lipinski definition) is 2. The lowest BCUT2D eigenvalue weighted by molar-refractivity contribution is 0.175. The Bertz CT molecular complexity index is 576. The monoisotopic (exact) mass is 286 g/mol. The molecular formula is C18H19FO2. The first-order valence-corrected chi connectivity index (χ1v) is 6.92. The Balaban J connectivity index is 1.94. The Hall–Kier alpha value is -2.13. The van der Waals surface area contributed by atoms with Gasteiger partial charge >= 0.3 is 0 Å². The molecule has 0 spiro atoms. The molecule has 0 fully saturated rings. The van der Waals surface area contributed by atoms with E-state index in [4.69, 9.17) is 4.74 Å². The van der Waals surface area contributed by atoms with Crippen LogP contribution in [-0.2, 0) is 6.42 Å². The van der Waals surface area contributed by atoms with Crippen molar-refractivity contribution in [2.24, 2.45) is 0 Å². The van der Waals surface area contributed by atoms with Gasteiger partial charge in [0.2, 0.25) is 0 Å². The van der Waals surface area contributed by atoms with Crippen molar-refractivity contribution in [2.45, 2.75) is 18.9 Å². The topological polar surface area (TPSA) is 29.5 Å². The largest absolute Gasteiger partial charge is 0.497 e. The van der Waals surface area contributed by atoms with Gasteiger partial charge in [-0.15, -0.1) is 0 Å². The second kappa shape index (κ2) is 7.60. The highest BCUT2D eigenvalue weighted by atomic mass is 19.1. The molecule has 1 unspecified atom stereocenters. The van der Waals surface area contributed by atoms with Crippen LogP contribution in [0.4, 0.5) is 4.39 Å². The molecule has 2 rings (SSSR count). The van der Waals surface area contributed by atoms with Gasteiger partial charge in [0.25, 0.3) is 0 Å². The zero-order chi connectivity index (χ0) is 15.1. The molecule has 2 aromatic rings. The van der Waals surface area contributed by atoms with Gasteiger partial charge in [-0.3, -0.25) is 0 Å². The zero-order valence-electron chi connectivity index (χ0n) is 12.0. The number of halogens is 1. The summed E-state index contributed by atoms with van der Waals surface area (Å²) in [4.78, 5) is 0. The highest BCUT2D eigenvalue weighted by Gasteiger charge is 2.10. The van der Waals surface area contributed by atoms with E-state index in [1.807, 2.05) is 30.3 Å². The molecule has 0 amide bonds. The van der Waals surface area contributed by atoms with Gasteiger partial charge in [-0.25, -0.2) is 4.39 Å². The van der Waals surface area contributed by atoms with Gasteiger partial charge in [-0.2, -0.15) is 0 Å². The third-order valence-electron chi connectivity index (χ3n) is 3.29. The van der Waals surface area contributed by atoms with Crippen LogP contribution in [0.2, 0.25) is 0 Å². The summed E-state index contributed by atoms with van der Waals surface area (Å²) in [6, 6.07) is 16.8. The molecule has 2 nitrogen and oxygen atoms in total. The minimum absolute atomic E-state index is 0.364. The first-order chi connectivity index (χ1) is 10.2. The average Bonchev–Trinajstić information content (AvgIpc) is 2.54. The molecule has 0 heterocycles. The molecule has 0 aliphatic heterocycles. The number of methoxy groups -OCH3 is 1. The van der Waals surface area contributed by atoms with E-state index in [2.05, 4.69) is 0 Å². The lowest BCUT2D eigenvalue weighted by Gasteiger charge is -2.08. The molecule has 110 valence electrons. The van der Waals surface area contributed by atoms with Crippen molar-refractivity contribution in [3.05, 3.63) is 71.6 Å². The van der Waals surface area contributed by atoms with Gasteiger partial charge in [0, 0.05) is 0 Å². The second-order valence-electron chi connectivity index (χ2n) is 4.84. The average molecular weight is 286 g/mol. The van der Waals surface area contributed by atoms with Crippen LogP contribution >= 0.6 is 0 Å². The van der Waals surface area contributed by atoms with Crippen molar-refractivity contribution in [2.75, 3.05) is 7.11 Å². The van der Waals surface area contributed by atoms with Crippen LogP contribution in [0.5, 0.6) is 5.75 Å². The van der Waals surface area contributed by atoms with Gasteiger partial charge in [-0.05, 0) is 42.2 Å². The van der Waals surface area contributed by atoms with Crippen LogP contribution in [0.15, 0.2) is 60.4 Å². The second-order valence-corrected chi connectivity index (χ2v) is 4.84. The maximum atomic E-state index is 13.9. The fourth-order valence-electron chi connectivity index (χ4n) is 2.04. The molecule has 0 radical (unpaired) electrons. The number of benzene rings is 2. The van der Waals surface area contributed by atoms with Crippen LogP contribution in [0.1, 0.15) is 17.5 Å². The third-order valence-corrected chi connectivity index (χ3v) is 3.29. The molecule has 3 heteroatoms. The van der Waals surface area contributed by atoms with E-state index in [1.54, 1.807) is 31.4 Å². The lowest BCUT2D eigenvalue weighted by Crippen LogP contribution is -2.08. The lowest BCUT2D eigenvalue weighted by atomic mass is 10.1. The van der Waals surface area contributed by atoms with E-state index >= 15 is 0 Å². The van der Waals surface area contributed by atoms with Crippen molar-refractivity contribution < 1.29 is 14.2 Å². The Morgan fingerprint density at radius 1 is 1.14 bits per heavy atom. The predicted octanol–water partition coefficient (Wildman–Crippen LogP) is 4.00. The summed E-state index contributed by atoms with van der Waals surface area (Å²) < 4.78 is 19.0. The summed E-state index contributed by atoms with van der Waals surface area (Å²) in [5.41, 5.74) is 1.79. The summed E-state index contributed by atoms with van der Waals surface area (Å²) in [7, 11) is 1.58. The maximum absolute atomic E-state index is 13.9. The summed E-state index contributed by atoms with van der Waals surface area (Å²) in [5, 5.41) is 9.87. The summed E-state index contributed by atoms with van der Waals surface area (Å²) >= 11 is 0. The van der Waals surface area contributed by atoms with Crippen LogP contribution in [-0.4, -0.2) is 18.3 Å². The Labute approximate surface area is 124 Å². The normalized spacial score (nSPS) is 13.0. The van der Waals surface area contributed by atoms with Crippen molar-refractivity contribution in [3.63, 3.8) is 0 Å². The number of aliphatic hydroxyl groups is 1. The number of aryl methyl sites for hydroxylation is 1. The van der Waals surface area contributed by atoms with Gasteiger partial charge < -0.3 is 9.84 Å². The number of ether oxygens (including phenoxy) is 1. The molecule has 2 aromatic carbocycles. The van der Waals surface area contributed by atoms with Crippen molar-refractivity contribution in [1.82, 2.24) is 0 Å². The number of rotatable bonds is 6. The zero-order valence-corrected chi connectivity index (χ0v) is 12.0. The van der Waals surface area contributed by atoms with Crippen LogP contribution in [0.25, 0.3) is 6.08 Å². The maximum Gasteiger partial charge on any atom is 0.129 e. The van der Waals surface area contributed by atoms with E-state index in [9.17, 15) is 9.50 Å². The molecule has 0 aromatic heterocycles. The molecule has 0 aliphatic carbocycles. The minimum atomic E-state index is -1.08. The summed E-state index contributed by atoms with van der Waals surface area (Å²) in [6.07, 6.45) is 1.29. The first-order valence-electron chi connectivity index (χ1n) is 6.92. The Morgan fingerprint density at radius 2 is 1.81 bits per heavy atom. The number of aliphatic hydroxyl groups excluding tert-OH is 1. The van der Waals surface area contributed by atoms with E-state index in [0.29, 0.717) is 18.4 Å². The van der Waals surface area contributed by atoms with Crippen molar-refractivity contribution in [1.29, 1.82) is 0 Å².